The van der Waals surface area contributed by atoms with Crippen LogP contribution in [0.25, 0.3) is 0 Å². The zero-order valence-electron chi connectivity index (χ0n) is 13.9. The first-order valence-electron chi connectivity index (χ1n) is 8.33. The van der Waals surface area contributed by atoms with Gasteiger partial charge in [0.1, 0.15) is 0 Å². The van der Waals surface area contributed by atoms with Crippen LogP contribution in [0, 0.1) is 35.0 Å². The molecule has 3 aliphatic carbocycles. The highest BCUT2D eigenvalue weighted by Crippen LogP contribution is 2.59. The van der Waals surface area contributed by atoms with Gasteiger partial charge in [-0.05, 0) is 37.5 Å². The molecule has 3 atom stereocenters. The monoisotopic (exact) mass is 305 g/mol. The molecule has 0 aliphatic heterocycles. The van der Waals surface area contributed by atoms with E-state index < -0.39 is 0 Å². The summed E-state index contributed by atoms with van der Waals surface area (Å²) >= 11 is 0. The molecule has 0 amide bonds. The highest BCUT2D eigenvalue weighted by molar-refractivity contribution is 5.91. The lowest BCUT2D eigenvalue weighted by atomic mass is 9.46. The summed E-state index contributed by atoms with van der Waals surface area (Å²) in [5.41, 5.74) is 1.24. The van der Waals surface area contributed by atoms with Crippen LogP contribution in [0.4, 0.5) is 0 Å². The fourth-order valence-corrected chi connectivity index (χ4v) is 3.84. The van der Waals surface area contributed by atoms with E-state index in [9.17, 15) is 10.0 Å². The van der Waals surface area contributed by atoms with E-state index in [0.29, 0.717) is 24.9 Å². The molecule has 2 bridgehead atoms. The van der Waals surface area contributed by atoms with Gasteiger partial charge in [0, 0.05) is 31.1 Å². The van der Waals surface area contributed by atoms with Gasteiger partial charge in [0.05, 0.1) is 12.3 Å². The van der Waals surface area contributed by atoms with Crippen LogP contribution >= 0.6 is 0 Å². The number of fused-ring (bicyclic) bond motifs is 2. The third-order valence-electron chi connectivity index (χ3n) is 5.39. The second-order valence-corrected chi connectivity index (χ2v) is 6.98. The average molecular weight is 305 g/mol. The molecule has 0 aromatic heterocycles. The minimum atomic E-state index is -0.145. The van der Waals surface area contributed by atoms with Crippen molar-refractivity contribution >= 4 is 11.7 Å². The predicted octanol–water partition coefficient (Wildman–Crippen LogP) is 3.63. The Morgan fingerprint density at radius 1 is 1.41 bits per heavy atom. The number of ether oxygens (including phenoxy) is 1. The molecule has 0 aromatic carbocycles. The molecule has 4 nitrogen and oxygen atoms in total. The Hall–Kier alpha value is -1.50. The van der Waals surface area contributed by atoms with Gasteiger partial charge in [-0.1, -0.05) is 19.0 Å². The third kappa shape index (κ3) is 3.45. The van der Waals surface area contributed by atoms with Gasteiger partial charge < -0.3 is 9.94 Å². The number of hydrogen-bond acceptors (Lipinski definition) is 4. The lowest BCUT2D eigenvalue weighted by Crippen LogP contribution is -2.56. The van der Waals surface area contributed by atoms with E-state index in [0.717, 1.165) is 43.7 Å². The molecule has 3 saturated carbocycles. The van der Waals surface area contributed by atoms with E-state index in [4.69, 9.17) is 4.74 Å². The summed E-state index contributed by atoms with van der Waals surface area (Å²) < 4.78 is 4.88. The molecule has 1 N–H and O–H groups in total. The lowest BCUT2D eigenvalue weighted by Gasteiger charge is -2.58. The van der Waals surface area contributed by atoms with Gasteiger partial charge in [0.25, 0.3) is 0 Å². The quantitative estimate of drug-likeness (QED) is 0.277. The van der Waals surface area contributed by atoms with E-state index in [1.54, 1.807) is 0 Å². The average Bonchev–Trinajstić information content (AvgIpc) is 2.50. The molecule has 0 unspecified atom stereocenters. The Morgan fingerprint density at radius 3 is 2.82 bits per heavy atom. The summed E-state index contributed by atoms with van der Waals surface area (Å²) in [6, 6.07) is 0. The largest absolute Gasteiger partial charge is 0.466 e. The van der Waals surface area contributed by atoms with Gasteiger partial charge in [-0.25, -0.2) is 0 Å². The fraction of sp³-hybridized carbons (Fsp3) is 0.778. The number of esters is 1. The van der Waals surface area contributed by atoms with Crippen LogP contribution < -0.4 is 0 Å². The molecule has 3 aliphatic rings. The Morgan fingerprint density at radius 2 is 2.18 bits per heavy atom. The summed E-state index contributed by atoms with van der Waals surface area (Å²) in [6.07, 6.45) is 4.91. The van der Waals surface area contributed by atoms with Gasteiger partial charge in [-0.2, -0.15) is 0 Å². The molecule has 0 heterocycles. The van der Waals surface area contributed by atoms with E-state index >= 15 is 0 Å². The van der Waals surface area contributed by atoms with Crippen molar-refractivity contribution in [2.24, 2.45) is 28.3 Å². The molecule has 0 aromatic rings. The van der Waals surface area contributed by atoms with Crippen LogP contribution in [0.15, 0.2) is 5.16 Å². The van der Waals surface area contributed by atoms with E-state index in [-0.39, 0.29) is 11.4 Å². The third-order valence-corrected chi connectivity index (χ3v) is 5.39. The molecule has 122 valence electrons. The SMILES string of the molecule is CCOC(=O)CCCC#CC[C@H]1C[C@H]2C[C@@H](/C1=N/O)C2(C)C. The maximum absolute atomic E-state index is 11.2. The van der Waals surface area contributed by atoms with Gasteiger partial charge in [-0.15, -0.1) is 11.8 Å². The molecule has 3 fully saturated rings. The zero-order valence-corrected chi connectivity index (χ0v) is 13.9. The van der Waals surface area contributed by atoms with Crippen molar-refractivity contribution in [3.8, 4) is 11.8 Å². The van der Waals surface area contributed by atoms with Crippen molar-refractivity contribution in [3.63, 3.8) is 0 Å². The molecular weight excluding hydrogens is 278 g/mol. The van der Waals surface area contributed by atoms with Gasteiger partial charge in [0.15, 0.2) is 0 Å². The number of carbonyl (C=O) groups excluding carboxylic acids is 1. The minimum absolute atomic E-state index is 0.145. The highest BCUT2D eigenvalue weighted by Gasteiger charge is 2.56. The lowest BCUT2D eigenvalue weighted by molar-refractivity contribution is -0.143. The van der Waals surface area contributed by atoms with Crippen molar-refractivity contribution in [1.29, 1.82) is 0 Å². The van der Waals surface area contributed by atoms with Crippen LogP contribution in [0.3, 0.4) is 0 Å². The summed E-state index contributed by atoms with van der Waals surface area (Å²) in [6.45, 7) is 6.80. The summed E-state index contributed by atoms with van der Waals surface area (Å²) in [5.74, 6) is 7.65. The van der Waals surface area contributed by atoms with Crippen molar-refractivity contribution < 1.29 is 14.7 Å². The Balaban J connectivity index is 1.74. The molecule has 0 radical (unpaired) electrons. The maximum atomic E-state index is 11.2. The first-order chi connectivity index (χ1) is 10.5. The molecule has 0 saturated heterocycles. The highest BCUT2D eigenvalue weighted by atomic mass is 16.5. The smallest absolute Gasteiger partial charge is 0.305 e. The Labute approximate surface area is 133 Å². The topological polar surface area (TPSA) is 58.9 Å². The van der Waals surface area contributed by atoms with Gasteiger partial charge in [-0.3, -0.25) is 4.79 Å². The van der Waals surface area contributed by atoms with Gasteiger partial charge >= 0.3 is 5.97 Å². The number of rotatable bonds is 5. The molecule has 3 rings (SSSR count). The summed E-state index contributed by atoms with van der Waals surface area (Å²) in [5, 5.41) is 12.9. The molecule has 0 spiro atoms. The molecule has 4 heteroatoms. The minimum Gasteiger partial charge on any atom is -0.466 e. The number of hydrogen-bond donors (Lipinski definition) is 1. The van der Waals surface area contributed by atoms with Crippen molar-refractivity contribution in [2.75, 3.05) is 6.61 Å². The van der Waals surface area contributed by atoms with Crippen LogP contribution in [-0.2, 0) is 9.53 Å². The number of nitrogens with zero attached hydrogens (tertiary/aromatic N) is 1. The zero-order chi connectivity index (χ0) is 16.2. The number of unbranched alkanes of at least 4 members (excludes halogenated alkanes) is 1. The van der Waals surface area contributed by atoms with Crippen LogP contribution in [-0.4, -0.2) is 23.5 Å². The second-order valence-electron chi connectivity index (χ2n) is 6.98. The van der Waals surface area contributed by atoms with Gasteiger partial charge in [0.2, 0.25) is 0 Å². The number of oxime groups is 1. The predicted molar refractivity (Wildman–Crippen MR) is 85.6 cm³/mol. The number of carbonyl (C=O) groups is 1. The Kier molecular flexibility index (Phi) is 5.50. The van der Waals surface area contributed by atoms with E-state index in [2.05, 4.69) is 30.8 Å². The van der Waals surface area contributed by atoms with Crippen LogP contribution in [0.1, 0.15) is 59.3 Å². The second kappa shape index (κ2) is 7.17. The molecule has 22 heavy (non-hydrogen) atoms. The fourth-order valence-electron chi connectivity index (χ4n) is 3.84. The summed E-state index contributed by atoms with van der Waals surface area (Å²) in [4.78, 5) is 11.2. The standard InChI is InChI=1S/C18H27NO3/c1-4-22-16(20)10-8-6-5-7-9-13-11-14-12-15(17(13)19-21)18(14,2)3/h13-15,21H,4,6,8-12H2,1-3H3/b19-17+/t13-,14-,15-/m0/s1. The van der Waals surface area contributed by atoms with Crippen LogP contribution in [0.5, 0.6) is 0 Å². The van der Waals surface area contributed by atoms with E-state index in [1.807, 2.05) is 6.92 Å². The first-order valence-corrected chi connectivity index (χ1v) is 8.33. The first kappa shape index (κ1) is 16.9. The maximum Gasteiger partial charge on any atom is 0.305 e. The normalized spacial score (nSPS) is 30.1. The van der Waals surface area contributed by atoms with Crippen molar-refractivity contribution in [1.82, 2.24) is 0 Å². The van der Waals surface area contributed by atoms with Crippen molar-refractivity contribution in [2.45, 2.75) is 59.3 Å². The molecular formula is C18H27NO3. The Bertz CT molecular complexity index is 498. The van der Waals surface area contributed by atoms with E-state index in [1.165, 1.54) is 0 Å². The van der Waals surface area contributed by atoms with Crippen molar-refractivity contribution in [3.05, 3.63) is 0 Å². The summed E-state index contributed by atoms with van der Waals surface area (Å²) in [7, 11) is 0. The van der Waals surface area contributed by atoms with Crippen LogP contribution in [0.2, 0.25) is 0 Å².